The van der Waals surface area contributed by atoms with Crippen molar-refractivity contribution in [2.45, 2.75) is 0 Å². The largest absolute Gasteiger partial charge is 1.00 e. The van der Waals surface area contributed by atoms with Gasteiger partial charge in [-0.1, -0.05) is 12.1 Å². The maximum absolute atomic E-state index is 10.7. The van der Waals surface area contributed by atoms with E-state index in [1.165, 1.54) is 12.1 Å². The van der Waals surface area contributed by atoms with Gasteiger partial charge in [0.15, 0.2) is 0 Å². The smallest absolute Gasteiger partial charge is 1.00 e. The molecule has 0 aliphatic carbocycles. The molecule has 0 fully saturated rings. The van der Waals surface area contributed by atoms with E-state index in [1.807, 2.05) is 0 Å². The number of para-hydroxylation sites is 1. The van der Waals surface area contributed by atoms with E-state index in [0.717, 1.165) is 0 Å². The van der Waals surface area contributed by atoms with Gasteiger partial charge in [0.05, 0.1) is 5.56 Å². The molecule has 0 atom stereocenters. The number of aromatic hydroxyl groups is 1. The Balaban J connectivity index is 0. The third-order valence-corrected chi connectivity index (χ3v) is 1.23. The van der Waals surface area contributed by atoms with Crippen LogP contribution in [0.25, 0.3) is 0 Å². The van der Waals surface area contributed by atoms with Crippen molar-refractivity contribution in [2.75, 3.05) is 0 Å². The van der Waals surface area contributed by atoms with Crippen molar-refractivity contribution < 1.29 is 45.5 Å². The summed E-state index contributed by atoms with van der Waals surface area (Å²) in [5.41, 5.74) is 0.0648. The van der Waals surface area contributed by atoms with Crippen LogP contribution in [-0.4, -0.2) is 19.1 Å². The van der Waals surface area contributed by atoms with Crippen LogP contribution in [0.1, 0.15) is 11.8 Å². The molecule has 0 spiro atoms. The molecule has 1 aromatic rings. The van der Waals surface area contributed by atoms with Crippen LogP contribution >= 0.6 is 0 Å². The van der Waals surface area contributed by atoms with Crippen molar-refractivity contribution in [2.24, 2.45) is 0 Å². The van der Waals surface area contributed by atoms with E-state index in [1.54, 1.807) is 12.1 Å². The fourth-order valence-electron chi connectivity index (χ4n) is 0.710. The Morgan fingerprint density at radius 1 is 1.50 bits per heavy atom. The van der Waals surface area contributed by atoms with Crippen LogP contribution in [0.15, 0.2) is 24.3 Å². The minimum Gasteiger partial charge on any atom is -1.00 e. The Hall–Kier alpha value is -0.445. The summed E-state index contributed by atoms with van der Waals surface area (Å²) < 4.78 is 3.92. The molecular formula is C7H6BNaO3. The van der Waals surface area contributed by atoms with Crippen LogP contribution in [0.4, 0.5) is 0 Å². The zero-order valence-corrected chi connectivity index (χ0v) is 8.65. The predicted octanol–water partition coefficient (Wildman–Crippen LogP) is -2.25. The van der Waals surface area contributed by atoms with Gasteiger partial charge in [0.2, 0.25) is 0 Å². The van der Waals surface area contributed by atoms with E-state index in [-0.39, 0.29) is 42.3 Å². The first kappa shape index (κ1) is 11.6. The number of carbonyl (C=O) groups is 1. The summed E-state index contributed by atoms with van der Waals surface area (Å²) in [5, 5.41) is 9.06. The molecule has 0 saturated heterocycles. The molecule has 0 saturated carbocycles. The number of phenolic OH excluding ortho intramolecular Hbond substituents is 1. The molecular weight excluding hydrogens is 166 g/mol. The number of hydrogen-bond acceptors (Lipinski definition) is 3. The topological polar surface area (TPSA) is 46.5 Å². The number of phenols is 1. The Morgan fingerprint density at radius 3 is 2.58 bits per heavy atom. The molecule has 3 nitrogen and oxygen atoms in total. The molecule has 5 heteroatoms. The zero-order valence-electron chi connectivity index (χ0n) is 7.65. The fraction of sp³-hybridized carbons (Fsp3) is 0. The van der Waals surface area contributed by atoms with Gasteiger partial charge in [0, 0.05) is 0 Å². The molecule has 12 heavy (non-hydrogen) atoms. The molecule has 0 aliphatic rings. The first-order chi connectivity index (χ1) is 5.25. The molecule has 56 valence electrons. The Morgan fingerprint density at radius 2 is 2.08 bits per heavy atom. The summed E-state index contributed by atoms with van der Waals surface area (Å²) in [7, 11) is 4.61. The summed E-state index contributed by atoms with van der Waals surface area (Å²) in [6.45, 7) is 0. The Bertz CT molecular complexity index is 282. The van der Waals surface area contributed by atoms with Gasteiger partial charge in [0.1, 0.15) is 5.75 Å². The molecule has 0 aromatic heterocycles. The average molecular weight is 172 g/mol. The van der Waals surface area contributed by atoms with Crippen molar-refractivity contribution in [3.63, 3.8) is 0 Å². The molecule has 1 N–H and O–H groups in total. The van der Waals surface area contributed by atoms with Gasteiger partial charge in [0.25, 0.3) is 0 Å². The molecule has 0 aliphatic heterocycles. The fourth-order valence-corrected chi connectivity index (χ4v) is 0.710. The molecule has 0 amide bonds. The SMILES string of the molecule is [B]OC(=O)c1ccccc1O.[H-].[Na+]. The number of carbonyl (C=O) groups excluding carboxylic acids is 1. The van der Waals surface area contributed by atoms with Crippen LogP contribution in [0.5, 0.6) is 5.75 Å². The van der Waals surface area contributed by atoms with Crippen molar-refractivity contribution >= 4 is 14.0 Å². The standard InChI is InChI=1S/C7H5BO3.Na.H/c8-11-7(10)5-3-1-2-4-6(5)9;;/h1-4,9H;;/q;+1;-1. The zero-order chi connectivity index (χ0) is 8.27. The summed E-state index contributed by atoms with van der Waals surface area (Å²) in [6, 6.07) is 6.01. The normalized spacial score (nSPS) is 8.33. The minimum absolute atomic E-state index is 0. The monoisotopic (exact) mass is 172 g/mol. The van der Waals surface area contributed by atoms with E-state index in [0.29, 0.717) is 0 Å². The summed E-state index contributed by atoms with van der Waals surface area (Å²) in [5.74, 6) is -0.883. The average Bonchev–Trinajstić information content (AvgIpc) is 2.04. The summed E-state index contributed by atoms with van der Waals surface area (Å²) in [4.78, 5) is 10.7. The quantitative estimate of drug-likeness (QED) is 0.486. The van der Waals surface area contributed by atoms with E-state index in [9.17, 15) is 4.79 Å². The van der Waals surface area contributed by atoms with Crippen molar-refractivity contribution in [1.29, 1.82) is 0 Å². The van der Waals surface area contributed by atoms with Crippen LogP contribution in [0.2, 0.25) is 0 Å². The Kier molecular flexibility index (Phi) is 5.05. The summed E-state index contributed by atoms with van der Waals surface area (Å²) in [6.07, 6.45) is 0. The maximum atomic E-state index is 10.7. The molecule has 2 radical (unpaired) electrons. The number of benzene rings is 1. The van der Waals surface area contributed by atoms with Gasteiger partial charge < -0.3 is 11.2 Å². The van der Waals surface area contributed by atoms with Gasteiger partial charge in [-0.05, 0) is 12.1 Å². The second-order valence-corrected chi connectivity index (χ2v) is 1.92. The van der Waals surface area contributed by atoms with Crippen LogP contribution < -0.4 is 29.6 Å². The van der Waals surface area contributed by atoms with Crippen LogP contribution in [0.3, 0.4) is 0 Å². The molecule has 0 heterocycles. The van der Waals surface area contributed by atoms with Crippen LogP contribution in [0, 0.1) is 0 Å². The summed E-state index contributed by atoms with van der Waals surface area (Å²) >= 11 is 0. The van der Waals surface area contributed by atoms with Crippen molar-refractivity contribution in [3.8, 4) is 5.75 Å². The van der Waals surface area contributed by atoms with Crippen LogP contribution in [-0.2, 0) is 4.65 Å². The van der Waals surface area contributed by atoms with Crippen molar-refractivity contribution in [1.82, 2.24) is 0 Å². The molecule has 0 bridgehead atoms. The van der Waals surface area contributed by atoms with Gasteiger partial charge in [-0.25, -0.2) is 4.79 Å². The molecule has 0 unspecified atom stereocenters. The second kappa shape index (κ2) is 5.24. The third kappa shape index (κ3) is 2.55. The number of hydrogen-bond donors (Lipinski definition) is 1. The van der Waals surface area contributed by atoms with E-state index in [4.69, 9.17) is 5.11 Å². The molecule has 1 rings (SSSR count). The first-order valence-corrected chi connectivity index (χ1v) is 2.94. The van der Waals surface area contributed by atoms with E-state index in [2.05, 4.69) is 12.7 Å². The van der Waals surface area contributed by atoms with Gasteiger partial charge >= 0.3 is 43.6 Å². The Labute approximate surface area is 95.0 Å². The van der Waals surface area contributed by atoms with Gasteiger partial charge in [-0.3, -0.25) is 0 Å². The second-order valence-electron chi connectivity index (χ2n) is 1.92. The predicted molar refractivity (Wildman–Crippen MR) is 40.4 cm³/mol. The van der Waals surface area contributed by atoms with Crippen molar-refractivity contribution in [3.05, 3.63) is 29.8 Å². The van der Waals surface area contributed by atoms with Gasteiger partial charge in [-0.2, -0.15) is 0 Å². The van der Waals surface area contributed by atoms with Gasteiger partial charge in [-0.15, -0.1) is 0 Å². The minimum atomic E-state index is -0.747. The number of rotatable bonds is 1. The third-order valence-electron chi connectivity index (χ3n) is 1.23. The first-order valence-electron chi connectivity index (χ1n) is 2.94. The van der Waals surface area contributed by atoms with E-state index >= 15 is 0 Å². The maximum Gasteiger partial charge on any atom is 1.00 e. The molecule has 1 aromatic carbocycles. The van der Waals surface area contributed by atoms with E-state index < -0.39 is 5.97 Å².